The molecule has 10 heteroatoms. The van der Waals surface area contributed by atoms with E-state index in [-0.39, 0.29) is 6.54 Å². The second-order valence-electron chi connectivity index (χ2n) is 4.09. The van der Waals surface area contributed by atoms with E-state index in [2.05, 4.69) is 30.5 Å². The molecule has 7 nitrogen and oxygen atoms in total. The van der Waals surface area contributed by atoms with Gasteiger partial charge in [0.1, 0.15) is 11.5 Å². The highest BCUT2D eigenvalue weighted by molar-refractivity contribution is 5.75. The molecule has 2 heterocycles. The van der Waals surface area contributed by atoms with Crippen molar-refractivity contribution in [3.8, 4) is 11.5 Å². The molecule has 0 atom stereocenters. The summed E-state index contributed by atoms with van der Waals surface area (Å²) in [6, 6.07) is 0. The minimum atomic E-state index is -4.34. The number of nitrogens with zero attached hydrogens (tertiary/aromatic N) is 4. The molecule has 1 amide bonds. The lowest BCUT2D eigenvalue weighted by molar-refractivity contribution is -0.144. The van der Waals surface area contributed by atoms with Crippen LogP contribution in [-0.4, -0.2) is 37.2 Å². The lowest BCUT2D eigenvalue weighted by Crippen LogP contribution is -2.25. The Morgan fingerprint density at radius 2 is 2.14 bits per heavy atom. The van der Waals surface area contributed by atoms with Crippen LogP contribution in [0.2, 0.25) is 0 Å². The zero-order chi connectivity index (χ0) is 15.3. The van der Waals surface area contributed by atoms with E-state index in [0.717, 1.165) is 0 Å². The first kappa shape index (κ1) is 14.9. The van der Waals surface area contributed by atoms with Crippen molar-refractivity contribution in [2.45, 2.75) is 25.6 Å². The molecule has 2 N–H and O–H groups in total. The van der Waals surface area contributed by atoms with Crippen molar-refractivity contribution in [3.63, 3.8) is 0 Å². The Kier molecular flexibility index (Phi) is 4.45. The molecule has 0 aliphatic rings. The summed E-state index contributed by atoms with van der Waals surface area (Å²) < 4.78 is 35.8. The molecule has 0 spiro atoms. The van der Waals surface area contributed by atoms with Crippen molar-refractivity contribution < 1.29 is 18.0 Å². The van der Waals surface area contributed by atoms with E-state index < -0.39 is 24.9 Å². The highest BCUT2D eigenvalue weighted by Crippen LogP contribution is 2.21. The number of hydrogen-bond acceptors (Lipinski definition) is 5. The fourth-order valence-electron chi connectivity index (χ4n) is 1.43. The first-order chi connectivity index (χ1) is 9.94. The van der Waals surface area contributed by atoms with E-state index in [0.29, 0.717) is 17.3 Å². The van der Waals surface area contributed by atoms with Crippen LogP contribution in [0.1, 0.15) is 18.7 Å². The van der Waals surface area contributed by atoms with Crippen molar-refractivity contribution >= 4 is 5.91 Å². The van der Waals surface area contributed by atoms with E-state index in [1.54, 1.807) is 0 Å². The van der Waals surface area contributed by atoms with Crippen molar-refractivity contribution in [2.75, 3.05) is 0 Å². The Hall–Kier alpha value is -2.52. The van der Waals surface area contributed by atoms with Gasteiger partial charge in [0, 0.05) is 18.8 Å². The van der Waals surface area contributed by atoms with Gasteiger partial charge in [-0.15, -0.1) is 0 Å². The summed E-state index contributed by atoms with van der Waals surface area (Å²) in [6.07, 6.45) is -1.67. The number of hydrogen-bond donors (Lipinski definition) is 2. The number of rotatable bonds is 5. The van der Waals surface area contributed by atoms with Gasteiger partial charge in [0.05, 0.1) is 19.2 Å². The van der Waals surface area contributed by atoms with E-state index in [4.69, 9.17) is 0 Å². The largest absolute Gasteiger partial charge is 0.389 e. The van der Waals surface area contributed by atoms with Crippen LogP contribution in [0.3, 0.4) is 0 Å². The third-order valence-electron chi connectivity index (χ3n) is 2.41. The standard InChI is InChI=1S/C11H11F3N6O/c12-11(13,14)2-1-9(21)17-6-8-18-10(20-19-8)7-5-15-3-4-16-7/h3-5H,1-2,6H2,(H,17,21)(H,18,19,20). The number of alkyl halides is 3. The lowest BCUT2D eigenvalue weighted by Gasteiger charge is -2.05. The molecule has 0 aliphatic carbocycles. The Morgan fingerprint density at radius 1 is 1.33 bits per heavy atom. The molecule has 112 valence electrons. The molecular formula is C11H11F3N6O. The molecule has 0 aromatic carbocycles. The van der Waals surface area contributed by atoms with Crippen LogP contribution in [0.5, 0.6) is 0 Å². The predicted molar refractivity (Wildman–Crippen MR) is 64.5 cm³/mol. The summed E-state index contributed by atoms with van der Waals surface area (Å²) in [7, 11) is 0. The molecule has 0 unspecified atom stereocenters. The summed E-state index contributed by atoms with van der Waals surface area (Å²) in [6.45, 7) is -0.0377. The number of carbonyl (C=O) groups is 1. The van der Waals surface area contributed by atoms with E-state index >= 15 is 0 Å². The number of halogens is 3. The maximum absolute atomic E-state index is 11.9. The molecule has 2 rings (SSSR count). The number of H-pyrrole nitrogens is 1. The van der Waals surface area contributed by atoms with E-state index in [1.807, 2.05) is 0 Å². The van der Waals surface area contributed by atoms with Crippen LogP contribution < -0.4 is 5.32 Å². The average molecular weight is 300 g/mol. The molecule has 2 aromatic rings. The monoisotopic (exact) mass is 300 g/mol. The summed E-state index contributed by atoms with van der Waals surface area (Å²) in [4.78, 5) is 23.2. The number of nitrogens with one attached hydrogen (secondary N) is 2. The molecule has 2 aromatic heterocycles. The molecule has 0 radical (unpaired) electrons. The second kappa shape index (κ2) is 6.29. The van der Waals surface area contributed by atoms with Crippen molar-refractivity contribution in [1.82, 2.24) is 30.5 Å². The van der Waals surface area contributed by atoms with Gasteiger partial charge in [0.2, 0.25) is 11.7 Å². The van der Waals surface area contributed by atoms with Gasteiger partial charge in [-0.25, -0.2) is 9.97 Å². The van der Waals surface area contributed by atoms with Gasteiger partial charge in [-0.1, -0.05) is 0 Å². The van der Waals surface area contributed by atoms with Crippen LogP contribution >= 0.6 is 0 Å². The molecule has 21 heavy (non-hydrogen) atoms. The van der Waals surface area contributed by atoms with Crippen LogP contribution in [0.25, 0.3) is 11.5 Å². The molecule has 0 saturated heterocycles. The minimum absolute atomic E-state index is 0.0377. The van der Waals surface area contributed by atoms with Crippen molar-refractivity contribution in [1.29, 1.82) is 0 Å². The Balaban J connectivity index is 1.85. The quantitative estimate of drug-likeness (QED) is 0.865. The van der Waals surface area contributed by atoms with Crippen molar-refractivity contribution in [2.24, 2.45) is 0 Å². The topological polar surface area (TPSA) is 96.5 Å². The zero-order valence-corrected chi connectivity index (χ0v) is 10.7. The van der Waals surface area contributed by atoms with E-state index in [1.165, 1.54) is 18.6 Å². The smallest absolute Gasteiger partial charge is 0.349 e. The fourth-order valence-corrected chi connectivity index (χ4v) is 1.43. The predicted octanol–water partition coefficient (Wildman–Crippen LogP) is 1.22. The minimum Gasteiger partial charge on any atom is -0.349 e. The van der Waals surface area contributed by atoms with Crippen LogP contribution in [-0.2, 0) is 11.3 Å². The number of aromatic nitrogens is 5. The lowest BCUT2D eigenvalue weighted by atomic mass is 10.3. The zero-order valence-electron chi connectivity index (χ0n) is 10.7. The van der Waals surface area contributed by atoms with Crippen LogP contribution in [0.4, 0.5) is 13.2 Å². The highest BCUT2D eigenvalue weighted by Gasteiger charge is 2.27. The summed E-state index contributed by atoms with van der Waals surface area (Å²) in [5.74, 6) is -0.0940. The SMILES string of the molecule is O=C(CCC(F)(F)F)NCc1nc(-c2cnccn2)n[nH]1. The van der Waals surface area contributed by atoms with Crippen LogP contribution in [0, 0.1) is 0 Å². The maximum atomic E-state index is 11.9. The number of carbonyl (C=O) groups excluding carboxylic acids is 1. The highest BCUT2D eigenvalue weighted by atomic mass is 19.4. The van der Waals surface area contributed by atoms with Crippen LogP contribution in [0.15, 0.2) is 18.6 Å². The van der Waals surface area contributed by atoms with Crippen molar-refractivity contribution in [3.05, 3.63) is 24.4 Å². The van der Waals surface area contributed by atoms with Gasteiger partial charge in [-0.3, -0.25) is 14.9 Å². The third-order valence-corrected chi connectivity index (χ3v) is 2.41. The third kappa shape index (κ3) is 4.82. The van der Waals surface area contributed by atoms with Gasteiger partial charge in [0.15, 0.2) is 0 Å². The van der Waals surface area contributed by atoms with Gasteiger partial charge in [0.25, 0.3) is 0 Å². The summed E-state index contributed by atoms with van der Waals surface area (Å²) >= 11 is 0. The van der Waals surface area contributed by atoms with Gasteiger partial charge in [-0.05, 0) is 0 Å². The first-order valence-electron chi connectivity index (χ1n) is 5.95. The molecule has 0 aliphatic heterocycles. The van der Waals surface area contributed by atoms with E-state index in [9.17, 15) is 18.0 Å². The Labute approximate surface area is 117 Å². The fraction of sp³-hybridized carbons (Fsp3) is 0.364. The summed E-state index contributed by atoms with van der Waals surface area (Å²) in [5, 5.41) is 8.77. The maximum Gasteiger partial charge on any atom is 0.389 e. The Morgan fingerprint density at radius 3 is 2.81 bits per heavy atom. The van der Waals surface area contributed by atoms with Gasteiger partial charge >= 0.3 is 6.18 Å². The number of amides is 1. The molecule has 0 saturated carbocycles. The second-order valence-corrected chi connectivity index (χ2v) is 4.09. The molecule has 0 bridgehead atoms. The first-order valence-corrected chi connectivity index (χ1v) is 5.95. The van der Waals surface area contributed by atoms with Gasteiger partial charge in [-0.2, -0.15) is 18.3 Å². The molecular weight excluding hydrogens is 289 g/mol. The summed E-state index contributed by atoms with van der Waals surface area (Å²) in [5.41, 5.74) is 0.448. The normalized spacial score (nSPS) is 11.4. The van der Waals surface area contributed by atoms with Gasteiger partial charge < -0.3 is 5.32 Å². The molecule has 0 fully saturated rings. The number of aromatic amines is 1. The Bertz CT molecular complexity index is 598. The average Bonchev–Trinajstić information content (AvgIpc) is 2.92.